The van der Waals surface area contributed by atoms with Gasteiger partial charge in [-0.25, -0.2) is 5.43 Å². The van der Waals surface area contributed by atoms with Crippen LogP contribution in [0.4, 0.5) is 5.69 Å². The molecule has 33 heavy (non-hydrogen) atoms. The van der Waals surface area contributed by atoms with Crippen molar-refractivity contribution in [2.45, 2.75) is 25.8 Å². The molecule has 1 heterocycles. The third-order valence-electron chi connectivity index (χ3n) is 4.99. The lowest BCUT2D eigenvalue weighted by Crippen LogP contribution is -2.44. The average Bonchev–Trinajstić information content (AvgIpc) is 2.77. The predicted octanol–water partition coefficient (Wildman–Crippen LogP) is 2.60. The third kappa shape index (κ3) is 5.53. The lowest BCUT2D eigenvalue weighted by Gasteiger charge is -2.36. The van der Waals surface area contributed by atoms with Crippen LogP contribution in [0.5, 0.6) is 11.5 Å². The Bertz CT molecular complexity index is 1150. The molecule has 172 valence electrons. The number of amides is 1. The van der Waals surface area contributed by atoms with Crippen LogP contribution >= 0.6 is 0 Å². The molecule has 0 spiro atoms. The van der Waals surface area contributed by atoms with E-state index in [1.807, 2.05) is 19.9 Å². The number of methoxy groups -OCH3 is 2. The Morgan fingerprint density at radius 2 is 1.79 bits per heavy atom. The minimum Gasteiger partial charge on any atom is -0.493 e. The van der Waals surface area contributed by atoms with E-state index in [1.54, 1.807) is 13.2 Å². The van der Waals surface area contributed by atoms with Crippen molar-refractivity contribution in [3.63, 3.8) is 0 Å². The topological polar surface area (TPSA) is 132 Å². The molecule has 2 aromatic rings. The highest BCUT2D eigenvalue weighted by atomic mass is 16.6. The molecule has 1 aliphatic heterocycles. The van der Waals surface area contributed by atoms with Gasteiger partial charge in [0.2, 0.25) is 5.78 Å². The summed E-state index contributed by atoms with van der Waals surface area (Å²) < 4.78 is 10.7. The standard InChI is InChI=1S/C23H24N4O6/c1-23(2)12-15-9-20(32-3)21(33-4)10-17(15)18(25-23)11-19(28)22(29)26-24-13-14-5-7-16(8-6-14)27(30)31/h5-11,13,25H,12H2,1-4H3,(H,26,29)/b18-11-,24-13-. The highest BCUT2D eigenvalue weighted by Gasteiger charge is 2.30. The molecule has 0 fully saturated rings. The molecule has 2 aromatic carbocycles. The summed E-state index contributed by atoms with van der Waals surface area (Å²) in [6, 6.07) is 9.21. The van der Waals surface area contributed by atoms with E-state index >= 15 is 0 Å². The van der Waals surface area contributed by atoms with Crippen LogP contribution in [0.25, 0.3) is 5.70 Å². The number of rotatable bonds is 7. The first-order valence-electron chi connectivity index (χ1n) is 10.0. The molecule has 0 aromatic heterocycles. The molecule has 1 amide bonds. The number of hydrogen-bond acceptors (Lipinski definition) is 8. The largest absolute Gasteiger partial charge is 0.493 e. The van der Waals surface area contributed by atoms with Crippen molar-refractivity contribution in [1.82, 2.24) is 10.7 Å². The molecule has 0 aliphatic carbocycles. The lowest BCUT2D eigenvalue weighted by molar-refractivity contribution is -0.384. The van der Waals surface area contributed by atoms with Gasteiger partial charge < -0.3 is 14.8 Å². The maximum atomic E-state index is 12.5. The zero-order valence-electron chi connectivity index (χ0n) is 18.7. The number of nitro groups is 1. The number of ketones is 1. The average molecular weight is 452 g/mol. The Hall–Kier alpha value is -4.21. The van der Waals surface area contributed by atoms with Gasteiger partial charge in [0.1, 0.15) is 0 Å². The molecule has 3 rings (SSSR count). The fraction of sp³-hybridized carbons (Fsp3) is 0.261. The van der Waals surface area contributed by atoms with Crippen LogP contribution in [0, 0.1) is 10.1 Å². The van der Waals surface area contributed by atoms with Crippen LogP contribution in [0.1, 0.15) is 30.5 Å². The minimum atomic E-state index is -0.923. The van der Waals surface area contributed by atoms with Crippen LogP contribution in [-0.2, 0) is 16.0 Å². The minimum absolute atomic E-state index is 0.0598. The second-order valence-electron chi connectivity index (χ2n) is 8.02. The zero-order chi connectivity index (χ0) is 24.2. The number of fused-ring (bicyclic) bond motifs is 1. The summed E-state index contributed by atoms with van der Waals surface area (Å²) in [4.78, 5) is 35.0. The molecule has 10 heteroatoms. The summed E-state index contributed by atoms with van der Waals surface area (Å²) >= 11 is 0. The summed E-state index contributed by atoms with van der Waals surface area (Å²) in [6.07, 6.45) is 3.19. The predicted molar refractivity (Wildman–Crippen MR) is 122 cm³/mol. The molecule has 10 nitrogen and oxygen atoms in total. The normalized spacial score (nSPS) is 15.5. The van der Waals surface area contributed by atoms with Gasteiger partial charge in [-0.15, -0.1) is 0 Å². The SMILES string of the molecule is COc1cc2c(cc1OC)/C(=C/C(=O)C(=O)N/N=C\c1ccc([N+](=O)[O-])cc1)NC(C)(C)C2. The van der Waals surface area contributed by atoms with Gasteiger partial charge in [0, 0.05) is 35.0 Å². The van der Waals surface area contributed by atoms with Crippen LogP contribution < -0.4 is 20.2 Å². The Labute approximate surface area is 190 Å². The van der Waals surface area contributed by atoms with Crippen molar-refractivity contribution in [3.8, 4) is 11.5 Å². The van der Waals surface area contributed by atoms with E-state index in [-0.39, 0.29) is 11.2 Å². The molecular formula is C23H24N4O6. The van der Waals surface area contributed by atoms with Gasteiger partial charge in [-0.1, -0.05) is 0 Å². The van der Waals surface area contributed by atoms with Gasteiger partial charge in [-0.05, 0) is 55.7 Å². The van der Waals surface area contributed by atoms with Gasteiger partial charge >= 0.3 is 5.91 Å². The quantitative estimate of drug-likeness (QED) is 0.217. The van der Waals surface area contributed by atoms with Crippen LogP contribution in [-0.4, -0.2) is 42.6 Å². The molecule has 0 unspecified atom stereocenters. The number of ether oxygens (including phenoxy) is 2. The number of benzene rings is 2. The second kappa shape index (κ2) is 9.51. The first-order chi connectivity index (χ1) is 15.6. The molecule has 0 saturated carbocycles. The summed E-state index contributed by atoms with van der Waals surface area (Å²) in [5.74, 6) is -0.629. The molecule has 1 aliphatic rings. The van der Waals surface area contributed by atoms with E-state index in [4.69, 9.17) is 9.47 Å². The summed E-state index contributed by atoms with van der Waals surface area (Å²) in [5.41, 5.74) is 4.46. The number of hydrogen-bond donors (Lipinski definition) is 2. The lowest BCUT2D eigenvalue weighted by atomic mass is 9.85. The monoisotopic (exact) mass is 452 g/mol. The Balaban J connectivity index is 1.78. The molecule has 0 radical (unpaired) electrons. The molecule has 2 N–H and O–H groups in total. The molecular weight excluding hydrogens is 428 g/mol. The molecule has 0 saturated heterocycles. The maximum Gasteiger partial charge on any atom is 0.311 e. The highest BCUT2D eigenvalue weighted by Crippen LogP contribution is 2.37. The van der Waals surface area contributed by atoms with Gasteiger partial charge in [0.05, 0.1) is 25.4 Å². The number of carbonyl (C=O) groups excluding carboxylic acids is 2. The number of nitro benzene ring substituents is 1. The number of carbonyl (C=O) groups is 2. The number of non-ortho nitro benzene ring substituents is 1. The van der Waals surface area contributed by atoms with E-state index in [2.05, 4.69) is 15.8 Å². The van der Waals surface area contributed by atoms with E-state index in [0.29, 0.717) is 29.2 Å². The Morgan fingerprint density at radius 1 is 1.15 bits per heavy atom. The summed E-state index contributed by atoms with van der Waals surface area (Å²) in [5, 5.41) is 17.7. The highest BCUT2D eigenvalue weighted by molar-refractivity contribution is 6.41. The van der Waals surface area contributed by atoms with E-state index in [0.717, 1.165) is 11.1 Å². The van der Waals surface area contributed by atoms with Crippen LogP contribution in [0.15, 0.2) is 47.6 Å². The van der Waals surface area contributed by atoms with Crippen molar-refractivity contribution < 1.29 is 24.0 Å². The van der Waals surface area contributed by atoms with Gasteiger partial charge in [-0.2, -0.15) is 5.10 Å². The Kier molecular flexibility index (Phi) is 6.76. The third-order valence-corrected chi connectivity index (χ3v) is 4.99. The van der Waals surface area contributed by atoms with E-state index in [1.165, 1.54) is 43.7 Å². The van der Waals surface area contributed by atoms with E-state index in [9.17, 15) is 19.7 Å². The van der Waals surface area contributed by atoms with Crippen molar-refractivity contribution in [2.75, 3.05) is 14.2 Å². The maximum absolute atomic E-state index is 12.5. The van der Waals surface area contributed by atoms with Crippen LogP contribution in [0.2, 0.25) is 0 Å². The fourth-order valence-electron chi connectivity index (χ4n) is 3.48. The smallest absolute Gasteiger partial charge is 0.311 e. The zero-order valence-corrected chi connectivity index (χ0v) is 18.7. The number of nitrogens with one attached hydrogen (secondary N) is 2. The summed E-state index contributed by atoms with van der Waals surface area (Å²) in [6.45, 7) is 3.97. The molecule has 0 bridgehead atoms. The van der Waals surface area contributed by atoms with Crippen molar-refractivity contribution in [1.29, 1.82) is 0 Å². The first-order valence-corrected chi connectivity index (χ1v) is 10.0. The van der Waals surface area contributed by atoms with Gasteiger partial charge in [0.15, 0.2) is 11.5 Å². The number of nitrogens with zero attached hydrogens (tertiary/aromatic N) is 2. The van der Waals surface area contributed by atoms with Crippen molar-refractivity contribution in [2.24, 2.45) is 5.10 Å². The van der Waals surface area contributed by atoms with Crippen molar-refractivity contribution >= 4 is 29.3 Å². The summed E-state index contributed by atoms with van der Waals surface area (Å²) in [7, 11) is 3.08. The van der Waals surface area contributed by atoms with Gasteiger partial charge in [-0.3, -0.25) is 19.7 Å². The molecule has 0 atom stereocenters. The first kappa shape index (κ1) is 23.5. The number of hydrazone groups is 1. The Morgan fingerprint density at radius 3 is 2.39 bits per heavy atom. The van der Waals surface area contributed by atoms with E-state index < -0.39 is 16.6 Å². The second-order valence-corrected chi connectivity index (χ2v) is 8.02. The van der Waals surface area contributed by atoms with Crippen LogP contribution in [0.3, 0.4) is 0 Å². The van der Waals surface area contributed by atoms with Gasteiger partial charge in [0.25, 0.3) is 5.69 Å². The fourth-order valence-corrected chi connectivity index (χ4v) is 3.48. The van der Waals surface area contributed by atoms with Crippen molar-refractivity contribution in [3.05, 3.63) is 69.3 Å².